The van der Waals surface area contributed by atoms with Crippen LogP contribution in [0.25, 0.3) is 10.9 Å². The van der Waals surface area contributed by atoms with E-state index in [1.165, 1.54) is 0 Å². The highest BCUT2D eigenvalue weighted by atomic mass is 35.5. The summed E-state index contributed by atoms with van der Waals surface area (Å²) in [5, 5.41) is 10.5. The Morgan fingerprint density at radius 3 is 2.59 bits per heavy atom. The molecule has 5 nitrogen and oxygen atoms in total. The van der Waals surface area contributed by atoms with Crippen molar-refractivity contribution in [3.63, 3.8) is 0 Å². The summed E-state index contributed by atoms with van der Waals surface area (Å²) in [6.07, 6.45) is 0.454. The number of amides is 1. The minimum Gasteiger partial charge on any atom is -0.481 e. The van der Waals surface area contributed by atoms with Gasteiger partial charge in [-0.05, 0) is 19.4 Å². The lowest BCUT2D eigenvalue weighted by Crippen LogP contribution is -2.35. The molecule has 6 heteroatoms. The van der Waals surface area contributed by atoms with E-state index in [2.05, 4.69) is 0 Å². The second kappa shape index (κ2) is 5.02. The summed E-state index contributed by atoms with van der Waals surface area (Å²) < 4.78 is 1.77. The van der Waals surface area contributed by atoms with E-state index in [9.17, 15) is 14.7 Å². The fourth-order valence-corrected chi connectivity index (χ4v) is 3.41. The normalized spacial score (nSPS) is 21.5. The molecule has 22 heavy (non-hydrogen) atoms. The molecule has 1 aromatic heterocycles. The molecule has 1 fully saturated rings. The van der Waals surface area contributed by atoms with Gasteiger partial charge < -0.3 is 14.6 Å². The molecule has 2 aromatic rings. The maximum atomic E-state index is 12.8. The van der Waals surface area contributed by atoms with Crippen molar-refractivity contribution in [2.75, 3.05) is 13.1 Å². The highest BCUT2D eigenvalue weighted by molar-refractivity contribution is 6.38. The van der Waals surface area contributed by atoms with Crippen molar-refractivity contribution < 1.29 is 14.7 Å². The summed E-state index contributed by atoms with van der Waals surface area (Å²) in [7, 11) is 1.80. The van der Waals surface area contributed by atoms with Gasteiger partial charge in [0, 0.05) is 31.0 Å². The van der Waals surface area contributed by atoms with Gasteiger partial charge in [-0.2, -0.15) is 0 Å². The minimum absolute atomic E-state index is 0.207. The largest absolute Gasteiger partial charge is 0.481 e. The van der Waals surface area contributed by atoms with E-state index in [4.69, 9.17) is 11.6 Å². The summed E-state index contributed by atoms with van der Waals surface area (Å²) in [5.74, 6) is -1.08. The number of aryl methyl sites for hydroxylation is 1. The van der Waals surface area contributed by atoms with Gasteiger partial charge in [0.25, 0.3) is 5.91 Å². The number of fused-ring (bicyclic) bond motifs is 1. The second-order valence-corrected chi connectivity index (χ2v) is 6.46. The number of carboxylic acid groups (broad SMARTS) is 1. The molecule has 1 atom stereocenters. The summed E-state index contributed by atoms with van der Waals surface area (Å²) in [6, 6.07) is 7.55. The van der Waals surface area contributed by atoms with Gasteiger partial charge in [0.2, 0.25) is 0 Å². The first kappa shape index (κ1) is 14.9. The van der Waals surface area contributed by atoms with Crippen LogP contribution in [0.5, 0.6) is 0 Å². The van der Waals surface area contributed by atoms with Crippen LogP contribution in [-0.2, 0) is 11.8 Å². The highest BCUT2D eigenvalue weighted by Gasteiger charge is 2.43. The molecule has 0 aliphatic carbocycles. The average molecular weight is 321 g/mol. The zero-order valence-corrected chi connectivity index (χ0v) is 13.2. The van der Waals surface area contributed by atoms with Gasteiger partial charge in [-0.1, -0.05) is 29.8 Å². The van der Waals surface area contributed by atoms with Crippen molar-refractivity contribution in [3.05, 3.63) is 35.0 Å². The number of aromatic nitrogens is 1. The lowest BCUT2D eigenvalue weighted by Gasteiger charge is -2.20. The Labute approximate surface area is 133 Å². The van der Waals surface area contributed by atoms with Crippen LogP contribution >= 0.6 is 11.6 Å². The van der Waals surface area contributed by atoms with Crippen molar-refractivity contribution in [1.29, 1.82) is 0 Å². The van der Waals surface area contributed by atoms with Crippen LogP contribution in [0.1, 0.15) is 23.8 Å². The number of halogens is 1. The Morgan fingerprint density at radius 1 is 1.32 bits per heavy atom. The number of aliphatic carboxylic acids is 1. The molecule has 2 heterocycles. The molecule has 3 rings (SSSR count). The third-order valence-electron chi connectivity index (χ3n) is 4.52. The molecule has 1 saturated heterocycles. The molecule has 0 unspecified atom stereocenters. The minimum atomic E-state index is -0.882. The predicted molar refractivity (Wildman–Crippen MR) is 84.2 cm³/mol. The molecular formula is C16H17ClN2O3. The molecule has 116 valence electrons. The van der Waals surface area contributed by atoms with Crippen molar-refractivity contribution in [2.45, 2.75) is 13.3 Å². The zero-order chi connectivity index (χ0) is 16.1. The molecule has 0 radical (unpaired) electrons. The molecule has 1 aliphatic heterocycles. The van der Waals surface area contributed by atoms with Crippen molar-refractivity contribution in [3.8, 4) is 0 Å². The van der Waals surface area contributed by atoms with Crippen molar-refractivity contribution >= 4 is 34.4 Å². The van der Waals surface area contributed by atoms with Gasteiger partial charge in [-0.25, -0.2) is 0 Å². The third kappa shape index (κ3) is 2.08. The van der Waals surface area contributed by atoms with Crippen molar-refractivity contribution in [2.24, 2.45) is 12.5 Å². The molecule has 1 N–H and O–H groups in total. The van der Waals surface area contributed by atoms with Crippen molar-refractivity contribution in [1.82, 2.24) is 9.47 Å². The quantitative estimate of drug-likeness (QED) is 0.925. The topological polar surface area (TPSA) is 62.5 Å². The van der Waals surface area contributed by atoms with Crippen LogP contribution < -0.4 is 0 Å². The van der Waals surface area contributed by atoms with E-state index >= 15 is 0 Å². The Kier molecular flexibility index (Phi) is 3.40. The first-order chi connectivity index (χ1) is 10.3. The van der Waals surface area contributed by atoms with E-state index in [1.54, 1.807) is 23.4 Å². The molecule has 1 amide bonds. The van der Waals surface area contributed by atoms with Crippen LogP contribution in [0.3, 0.4) is 0 Å². The van der Waals surface area contributed by atoms with E-state index in [0.29, 0.717) is 23.7 Å². The van der Waals surface area contributed by atoms with E-state index in [1.807, 2.05) is 24.3 Å². The molecule has 1 aliphatic rings. The maximum absolute atomic E-state index is 12.8. The molecule has 0 bridgehead atoms. The number of carbonyl (C=O) groups excluding carboxylic acids is 1. The maximum Gasteiger partial charge on any atom is 0.311 e. The molecule has 0 spiro atoms. The SMILES string of the molecule is Cn1c(C(=O)N2CC[C@](C)(C(=O)O)C2)c(Cl)c2ccccc21. The fraction of sp³-hybridized carbons (Fsp3) is 0.375. The number of hydrogen-bond acceptors (Lipinski definition) is 2. The number of hydrogen-bond donors (Lipinski definition) is 1. The lowest BCUT2D eigenvalue weighted by atomic mass is 9.90. The molecule has 1 aromatic carbocycles. The predicted octanol–water partition coefficient (Wildman–Crippen LogP) is 2.77. The van der Waals surface area contributed by atoms with Crippen LogP contribution in [0.2, 0.25) is 5.02 Å². The molecule has 0 saturated carbocycles. The summed E-state index contributed by atoms with van der Waals surface area (Å²) >= 11 is 6.38. The number of rotatable bonds is 2. The Bertz CT molecular complexity index is 744. The van der Waals surface area contributed by atoms with Crippen LogP contribution in [0.15, 0.2) is 24.3 Å². The van der Waals surface area contributed by atoms with E-state index < -0.39 is 11.4 Å². The number of carboxylic acids is 1. The van der Waals surface area contributed by atoms with Gasteiger partial charge in [-0.3, -0.25) is 9.59 Å². The monoisotopic (exact) mass is 320 g/mol. The van der Waals surface area contributed by atoms with Gasteiger partial charge in [0.05, 0.1) is 10.4 Å². The number of benzene rings is 1. The van der Waals surface area contributed by atoms with Gasteiger partial charge in [0.15, 0.2) is 0 Å². The van der Waals surface area contributed by atoms with Gasteiger partial charge in [0.1, 0.15) is 5.69 Å². The summed E-state index contributed by atoms with van der Waals surface area (Å²) in [5.41, 5.74) is 0.417. The average Bonchev–Trinajstić information content (AvgIpc) is 3.01. The van der Waals surface area contributed by atoms with Crippen LogP contribution in [0, 0.1) is 5.41 Å². The number of nitrogens with zero attached hydrogens (tertiary/aromatic N) is 2. The number of para-hydroxylation sites is 1. The van der Waals surface area contributed by atoms with E-state index in [-0.39, 0.29) is 12.5 Å². The van der Waals surface area contributed by atoms with Crippen LogP contribution in [0.4, 0.5) is 0 Å². The standard InChI is InChI=1S/C16H17ClN2O3/c1-16(15(21)22)7-8-19(9-16)14(20)13-12(17)10-5-3-4-6-11(10)18(13)2/h3-6H,7-9H2,1-2H3,(H,21,22)/t16-/m0/s1. The Balaban J connectivity index is 1.99. The fourth-order valence-electron chi connectivity index (χ4n) is 3.04. The first-order valence-corrected chi connectivity index (χ1v) is 7.48. The van der Waals surface area contributed by atoms with E-state index in [0.717, 1.165) is 10.9 Å². The Morgan fingerprint density at radius 2 is 2.00 bits per heavy atom. The number of likely N-dealkylation sites (tertiary alicyclic amines) is 1. The van der Waals surface area contributed by atoms with Crippen LogP contribution in [-0.4, -0.2) is 39.5 Å². The summed E-state index contributed by atoms with van der Waals surface area (Å²) in [6.45, 7) is 2.31. The zero-order valence-electron chi connectivity index (χ0n) is 12.5. The summed E-state index contributed by atoms with van der Waals surface area (Å²) in [4.78, 5) is 25.7. The highest BCUT2D eigenvalue weighted by Crippen LogP contribution is 2.34. The molecular weight excluding hydrogens is 304 g/mol. The van der Waals surface area contributed by atoms with Gasteiger partial charge in [-0.15, -0.1) is 0 Å². The Hall–Kier alpha value is -2.01. The lowest BCUT2D eigenvalue weighted by molar-refractivity contribution is -0.147. The smallest absolute Gasteiger partial charge is 0.311 e. The van der Waals surface area contributed by atoms with Gasteiger partial charge >= 0.3 is 5.97 Å². The third-order valence-corrected chi connectivity index (χ3v) is 4.91. The first-order valence-electron chi connectivity index (χ1n) is 7.11. The second-order valence-electron chi connectivity index (χ2n) is 6.08. The number of carbonyl (C=O) groups is 2.